The van der Waals surface area contributed by atoms with E-state index in [1.165, 1.54) is 4.90 Å². The summed E-state index contributed by atoms with van der Waals surface area (Å²) in [4.78, 5) is 19.0. The summed E-state index contributed by atoms with van der Waals surface area (Å²) in [5.41, 5.74) is 11.5. The van der Waals surface area contributed by atoms with Crippen LogP contribution >= 0.6 is 0 Å². The second-order valence-corrected chi connectivity index (χ2v) is 8.50. The largest absolute Gasteiger partial charge is 0.463 e. The Labute approximate surface area is 187 Å². The first-order valence-electron chi connectivity index (χ1n) is 10.9. The number of aromatic nitrogens is 1. The number of fused-ring (bicyclic) bond motifs is 1. The third kappa shape index (κ3) is 3.31. The van der Waals surface area contributed by atoms with Gasteiger partial charge in [0.25, 0.3) is 5.91 Å². The van der Waals surface area contributed by atoms with Crippen molar-refractivity contribution in [2.24, 2.45) is 5.73 Å². The molecular formula is C26H24N4O2. The van der Waals surface area contributed by atoms with Gasteiger partial charge < -0.3 is 10.5 Å². The van der Waals surface area contributed by atoms with Gasteiger partial charge in [-0.2, -0.15) is 5.26 Å². The minimum absolute atomic E-state index is 0.0535. The highest BCUT2D eigenvalue weighted by Gasteiger charge is 2.35. The fourth-order valence-corrected chi connectivity index (χ4v) is 4.42. The van der Waals surface area contributed by atoms with Crippen molar-refractivity contribution in [2.45, 2.75) is 37.8 Å². The van der Waals surface area contributed by atoms with E-state index in [1.807, 2.05) is 48.5 Å². The minimum atomic E-state index is -0.697. The zero-order valence-electron chi connectivity index (χ0n) is 17.9. The first-order valence-corrected chi connectivity index (χ1v) is 10.9. The molecule has 1 aliphatic carbocycles. The third-order valence-corrected chi connectivity index (χ3v) is 6.45. The Morgan fingerprint density at radius 2 is 1.88 bits per heavy atom. The molecule has 1 amide bonds. The Hall–Kier alpha value is -3.69. The SMILES string of the molecule is CC1Oc2nc(-c3ccc(C4(N)CCC4)cc3)c(-c3ccccc3)cc2N(CC#N)C1=O. The number of ether oxygens (including phenoxy) is 1. The lowest BCUT2D eigenvalue weighted by atomic mass is 9.72. The first-order chi connectivity index (χ1) is 15.5. The molecule has 32 heavy (non-hydrogen) atoms. The van der Waals surface area contributed by atoms with E-state index >= 15 is 0 Å². The molecule has 6 heteroatoms. The summed E-state index contributed by atoms with van der Waals surface area (Å²) >= 11 is 0. The van der Waals surface area contributed by atoms with Gasteiger partial charge in [-0.05, 0) is 43.4 Å². The highest BCUT2D eigenvalue weighted by molar-refractivity contribution is 6.01. The van der Waals surface area contributed by atoms with Gasteiger partial charge in [0.15, 0.2) is 6.10 Å². The van der Waals surface area contributed by atoms with Gasteiger partial charge >= 0.3 is 0 Å². The molecule has 2 aromatic carbocycles. The molecule has 1 aliphatic heterocycles. The van der Waals surface area contributed by atoms with Gasteiger partial charge in [0.05, 0.1) is 11.8 Å². The second-order valence-electron chi connectivity index (χ2n) is 8.50. The lowest BCUT2D eigenvalue weighted by Crippen LogP contribution is -2.45. The van der Waals surface area contributed by atoms with Crippen LogP contribution in [0.3, 0.4) is 0 Å². The molecule has 0 radical (unpaired) electrons. The number of amides is 1. The molecule has 1 fully saturated rings. The van der Waals surface area contributed by atoms with Crippen LogP contribution in [0.2, 0.25) is 0 Å². The Balaban J connectivity index is 1.66. The Morgan fingerprint density at radius 3 is 2.50 bits per heavy atom. The molecule has 2 N–H and O–H groups in total. The van der Waals surface area contributed by atoms with Crippen LogP contribution in [0.25, 0.3) is 22.4 Å². The first kappa shape index (κ1) is 20.2. The maximum atomic E-state index is 12.7. The topological polar surface area (TPSA) is 92.2 Å². The summed E-state index contributed by atoms with van der Waals surface area (Å²) in [7, 11) is 0. The fraction of sp³-hybridized carbons (Fsp3) is 0.269. The number of anilines is 1. The van der Waals surface area contributed by atoms with E-state index in [0.717, 1.165) is 47.2 Å². The van der Waals surface area contributed by atoms with Crippen molar-refractivity contribution in [1.29, 1.82) is 5.26 Å². The smallest absolute Gasteiger partial charge is 0.268 e. The van der Waals surface area contributed by atoms with Gasteiger partial charge in [-0.3, -0.25) is 9.69 Å². The lowest BCUT2D eigenvalue weighted by molar-refractivity contribution is -0.125. The van der Waals surface area contributed by atoms with Crippen LogP contribution in [0.1, 0.15) is 31.7 Å². The summed E-state index contributed by atoms with van der Waals surface area (Å²) in [5.74, 6) is 0.117. The van der Waals surface area contributed by atoms with Gasteiger partial charge in [0.2, 0.25) is 5.88 Å². The summed E-state index contributed by atoms with van der Waals surface area (Å²) in [6.45, 7) is 1.62. The van der Waals surface area contributed by atoms with Crippen LogP contribution in [0.15, 0.2) is 60.7 Å². The van der Waals surface area contributed by atoms with Crippen molar-refractivity contribution >= 4 is 11.6 Å². The fourth-order valence-electron chi connectivity index (χ4n) is 4.42. The van der Waals surface area contributed by atoms with E-state index in [4.69, 9.17) is 15.5 Å². The second kappa shape index (κ2) is 7.77. The number of nitrogens with zero attached hydrogens (tertiary/aromatic N) is 3. The number of hydrogen-bond donors (Lipinski definition) is 1. The molecule has 5 rings (SSSR count). The van der Waals surface area contributed by atoms with Gasteiger partial charge in [-0.25, -0.2) is 4.98 Å². The number of pyridine rings is 1. The number of rotatable bonds is 4. The van der Waals surface area contributed by atoms with Crippen molar-refractivity contribution < 1.29 is 9.53 Å². The maximum absolute atomic E-state index is 12.7. The quantitative estimate of drug-likeness (QED) is 0.627. The van der Waals surface area contributed by atoms with Gasteiger partial charge in [0, 0.05) is 16.7 Å². The van der Waals surface area contributed by atoms with Crippen LogP contribution in [0, 0.1) is 11.3 Å². The van der Waals surface area contributed by atoms with E-state index in [2.05, 4.69) is 18.2 Å². The van der Waals surface area contributed by atoms with Crippen molar-refractivity contribution in [1.82, 2.24) is 4.98 Å². The molecule has 1 atom stereocenters. The zero-order valence-corrected chi connectivity index (χ0v) is 17.9. The molecule has 2 heterocycles. The molecule has 1 aromatic heterocycles. The number of nitriles is 1. The normalized spacial score (nSPS) is 18.8. The van der Waals surface area contributed by atoms with Crippen LogP contribution in [0.5, 0.6) is 5.88 Å². The van der Waals surface area contributed by atoms with Crippen LogP contribution in [-0.2, 0) is 10.3 Å². The number of carbonyl (C=O) groups excluding carboxylic acids is 1. The van der Waals surface area contributed by atoms with Gasteiger partial charge in [-0.1, -0.05) is 54.6 Å². The molecule has 3 aromatic rings. The highest BCUT2D eigenvalue weighted by atomic mass is 16.5. The minimum Gasteiger partial charge on any atom is -0.463 e. The maximum Gasteiger partial charge on any atom is 0.268 e. The molecule has 0 saturated heterocycles. The van der Waals surface area contributed by atoms with E-state index in [9.17, 15) is 10.1 Å². The van der Waals surface area contributed by atoms with Crippen LogP contribution in [0.4, 0.5) is 5.69 Å². The molecule has 0 bridgehead atoms. The predicted octanol–water partition coefficient (Wildman–Crippen LogP) is 4.39. The number of nitrogens with two attached hydrogens (primary N) is 1. The molecule has 2 aliphatic rings. The number of carbonyl (C=O) groups is 1. The summed E-state index contributed by atoms with van der Waals surface area (Å²) < 4.78 is 5.85. The molecule has 0 spiro atoms. The number of hydrogen-bond acceptors (Lipinski definition) is 5. The van der Waals surface area contributed by atoms with Crippen LogP contribution < -0.4 is 15.4 Å². The van der Waals surface area contributed by atoms with Crippen molar-refractivity contribution in [2.75, 3.05) is 11.4 Å². The zero-order chi connectivity index (χ0) is 22.3. The van der Waals surface area contributed by atoms with Crippen LogP contribution in [-0.4, -0.2) is 23.5 Å². The summed E-state index contributed by atoms with van der Waals surface area (Å²) in [5, 5.41) is 9.27. The standard InChI is InChI=1S/C26H24N4O2/c1-17-25(31)30(15-14-27)22-16-21(18-6-3-2-4-7-18)23(29-24(22)32-17)19-8-10-20(11-9-19)26(28)12-5-13-26/h2-4,6-11,16-17H,5,12-13,15,28H2,1H3. The summed E-state index contributed by atoms with van der Waals surface area (Å²) in [6, 6.07) is 22.1. The highest BCUT2D eigenvalue weighted by Crippen LogP contribution is 2.42. The van der Waals surface area contributed by atoms with E-state index < -0.39 is 6.10 Å². The molecule has 1 unspecified atom stereocenters. The Morgan fingerprint density at radius 1 is 1.16 bits per heavy atom. The molecule has 6 nitrogen and oxygen atoms in total. The van der Waals surface area contributed by atoms with Crippen molar-refractivity contribution in [3.05, 3.63) is 66.2 Å². The van der Waals surface area contributed by atoms with Gasteiger partial charge in [-0.15, -0.1) is 0 Å². The van der Waals surface area contributed by atoms with E-state index in [1.54, 1.807) is 6.92 Å². The molecular weight excluding hydrogens is 400 g/mol. The monoisotopic (exact) mass is 424 g/mol. The summed E-state index contributed by atoms with van der Waals surface area (Å²) in [6.07, 6.45) is 2.48. The van der Waals surface area contributed by atoms with Crippen molar-refractivity contribution in [3.63, 3.8) is 0 Å². The lowest BCUT2D eigenvalue weighted by Gasteiger charge is -2.38. The Bertz CT molecular complexity index is 1210. The van der Waals surface area contributed by atoms with E-state index in [0.29, 0.717) is 11.6 Å². The molecule has 1 saturated carbocycles. The Kier molecular flexibility index (Phi) is 4.91. The third-order valence-electron chi connectivity index (χ3n) is 6.45. The predicted molar refractivity (Wildman–Crippen MR) is 123 cm³/mol. The average molecular weight is 425 g/mol. The van der Waals surface area contributed by atoms with E-state index in [-0.39, 0.29) is 18.0 Å². The van der Waals surface area contributed by atoms with Gasteiger partial charge in [0.1, 0.15) is 12.2 Å². The average Bonchev–Trinajstić information content (AvgIpc) is 2.80. The molecule has 160 valence electrons. The van der Waals surface area contributed by atoms with Crippen molar-refractivity contribution in [3.8, 4) is 34.3 Å². The number of benzene rings is 2.